The Labute approximate surface area is 120 Å². The number of hydrogen-bond donors (Lipinski definition) is 2. The van der Waals surface area contributed by atoms with Crippen molar-refractivity contribution >= 4 is 11.9 Å². The van der Waals surface area contributed by atoms with Crippen LogP contribution in [0.15, 0.2) is 10.6 Å². The zero-order valence-electron chi connectivity index (χ0n) is 11.5. The van der Waals surface area contributed by atoms with Gasteiger partial charge in [-0.25, -0.2) is 4.68 Å². The summed E-state index contributed by atoms with van der Waals surface area (Å²) in [6.45, 7) is 0.657. The molecule has 1 aliphatic rings. The molecule has 3 N–H and O–H groups in total. The highest BCUT2D eigenvalue weighted by Crippen LogP contribution is 2.39. The molecule has 2 heterocycles. The van der Waals surface area contributed by atoms with E-state index in [9.17, 15) is 4.79 Å². The number of aromatic nitrogens is 5. The Morgan fingerprint density at radius 1 is 1.43 bits per heavy atom. The van der Waals surface area contributed by atoms with Gasteiger partial charge in [0.1, 0.15) is 6.54 Å². The summed E-state index contributed by atoms with van der Waals surface area (Å²) in [4.78, 5) is 11.9. The van der Waals surface area contributed by atoms with Crippen molar-refractivity contribution < 1.29 is 9.21 Å². The van der Waals surface area contributed by atoms with Crippen LogP contribution >= 0.6 is 0 Å². The summed E-state index contributed by atoms with van der Waals surface area (Å²) in [5.74, 6) is 0.676. The van der Waals surface area contributed by atoms with Crippen LogP contribution in [0, 0.1) is 0 Å². The number of aryl methyl sites for hydroxylation is 1. The molecule has 1 fully saturated rings. The highest BCUT2D eigenvalue weighted by atomic mass is 16.4. The first-order chi connectivity index (χ1) is 10.2. The number of hydrogen-bond acceptors (Lipinski definition) is 7. The van der Waals surface area contributed by atoms with Gasteiger partial charge in [-0.15, -0.1) is 10.2 Å². The van der Waals surface area contributed by atoms with E-state index in [1.807, 2.05) is 0 Å². The quantitative estimate of drug-likeness (QED) is 0.739. The molecule has 21 heavy (non-hydrogen) atoms. The second-order valence-corrected chi connectivity index (χ2v) is 5.07. The minimum atomic E-state index is -0.281. The van der Waals surface area contributed by atoms with Crippen LogP contribution in [0.4, 0.5) is 6.01 Å². The van der Waals surface area contributed by atoms with Crippen LogP contribution < -0.4 is 11.1 Å². The summed E-state index contributed by atoms with van der Waals surface area (Å²) >= 11 is 0. The SMILES string of the molecule is NCCCc1cn(CC(=O)Nc2nnc(C3CC3)o2)nn1. The van der Waals surface area contributed by atoms with Crippen molar-refractivity contribution in [1.82, 2.24) is 25.2 Å². The second-order valence-electron chi connectivity index (χ2n) is 5.07. The first-order valence-electron chi connectivity index (χ1n) is 6.97. The molecule has 2 aromatic heterocycles. The minimum Gasteiger partial charge on any atom is -0.408 e. The molecular formula is C12H17N7O2. The van der Waals surface area contributed by atoms with Crippen molar-refractivity contribution in [2.75, 3.05) is 11.9 Å². The Morgan fingerprint density at radius 2 is 2.29 bits per heavy atom. The summed E-state index contributed by atoms with van der Waals surface area (Å²) in [5.41, 5.74) is 6.26. The third-order valence-corrected chi connectivity index (χ3v) is 3.14. The van der Waals surface area contributed by atoms with Gasteiger partial charge < -0.3 is 10.2 Å². The Bertz CT molecular complexity index is 617. The Morgan fingerprint density at radius 3 is 3.05 bits per heavy atom. The molecule has 0 unspecified atom stereocenters. The van der Waals surface area contributed by atoms with Gasteiger partial charge in [0.05, 0.1) is 5.69 Å². The van der Waals surface area contributed by atoms with Crippen molar-refractivity contribution in [3.63, 3.8) is 0 Å². The lowest BCUT2D eigenvalue weighted by molar-refractivity contribution is -0.117. The smallest absolute Gasteiger partial charge is 0.322 e. The van der Waals surface area contributed by atoms with E-state index >= 15 is 0 Å². The van der Waals surface area contributed by atoms with Gasteiger partial charge in [0.25, 0.3) is 0 Å². The van der Waals surface area contributed by atoms with Crippen LogP contribution in [0.25, 0.3) is 0 Å². The minimum absolute atomic E-state index is 0.0523. The van der Waals surface area contributed by atoms with E-state index in [-0.39, 0.29) is 18.5 Å². The van der Waals surface area contributed by atoms with E-state index in [1.165, 1.54) is 4.68 Å². The monoisotopic (exact) mass is 291 g/mol. The summed E-state index contributed by atoms with van der Waals surface area (Å²) in [7, 11) is 0. The summed E-state index contributed by atoms with van der Waals surface area (Å²) in [6.07, 6.45) is 5.47. The van der Waals surface area contributed by atoms with Crippen molar-refractivity contribution in [3.05, 3.63) is 17.8 Å². The average Bonchev–Trinajstić information content (AvgIpc) is 3.06. The van der Waals surface area contributed by atoms with Crippen molar-refractivity contribution in [2.45, 2.75) is 38.1 Å². The van der Waals surface area contributed by atoms with Crippen molar-refractivity contribution in [1.29, 1.82) is 0 Å². The van der Waals surface area contributed by atoms with Gasteiger partial charge >= 0.3 is 6.01 Å². The number of carbonyl (C=O) groups is 1. The third-order valence-electron chi connectivity index (χ3n) is 3.14. The number of nitrogens with one attached hydrogen (secondary N) is 1. The van der Waals surface area contributed by atoms with E-state index in [2.05, 4.69) is 25.8 Å². The molecule has 0 spiro atoms. The average molecular weight is 291 g/mol. The summed E-state index contributed by atoms with van der Waals surface area (Å²) in [6, 6.07) is 0.130. The van der Waals surface area contributed by atoms with E-state index in [1.54, 1.807) is 6.20 Å². The molecule has 1 aliphatic carbocycles. The van der Waals surface area contributed by atoms with Gasteiger partial charge in [-0.2, -0.15) is 0 Å². The molecule has 2 aromatic rings. The molecule has 0 aliphatic heterocycles. The number of amides is 1. The number of rotatable bonds is 7. The molecule has 9 nitrogen and oxygen atoms in total. The van der Waals surface area contributed by atoms with E-state index in [4.69, 9.17) is 10.2 Å². The molecule has 0 bridgehead atoms. The highest BCUT2D eigenvalue weighted by Gasteiger charge is 2.29. The third kappa shape index (κ3) is 3.63. The molecule has 1 amide bonds. The van der Waals surface area contributed by atoms with Gasteiger partial charge in [0, 0.05) is 12.1 Å². The maximum Gasteiger partial charge on any atom is 0.322 e. The maximum atomic E-state index is 11.9. The van der Waals surface area contributed by atoms with Gasteiger partial charge in [0.2, 0.25) is 11.8 Å². The summed E-state index contributed by atoms with van der Waals surface area (Å²) < 4.78 is 6.83. The van der Waals surface area contributed by atoms with Gasteiger partial charge in [-0.3, -0.25) is 10.1 Å². The Kier molecular flexibility index (Phi) is 3.91. The first-order valence-corrected chi connectivity index (χ1v) is 6.97. The van der Waals surface area contributed by atoms with E-state index in [0.717, 1.165) is 31.4 Å². The standard InChI is InChI=1S/C12H17N7O2/c13-5-1-2-9-6-19(18-15-9)7-10(20)14-12-17-16-11(21-12)8-3-4-8/h6,8H,1-5,7,13H2,(H,14,17,20). The number of nitrogens with two attached hydrogens (primary N) is 1. The molecule has 1 saturated carbocycles. The van der Waals surface area contributed by atoms with Crippen molar-refractivity contribution in [3.8, 4) is 0 Å². The molecule has 112 valence electrons. The highest BCUT2D eigenvalue weighted by molar-refractivity contribution is 5.88. The van der Waals surface area contributed by atoms with Gasteiger partial charge in [-0.05, 0) is 32.2 Å². The van der Waals surface area contributed by atoms with E-state index < -0.39 is 0 Å². The molecule has 0 aromatic carbocycles. The lowest BCUT2D eigenvalue weighted by Crippen LogP contribution is -2.19. The number of carbonyl (C=O) groups excluding carboxylic acids is 1. The Hall–Kier alpha value is -2.29. The fraction of sp³-hybridized carbons (Fsp3) is 0.583. The van der Waals surface area contributed by atoms with Crippen LogP contribution in [0.5, 0.6) is 0 Å². The normalized spacial score (nSPS) is 14.3. The van der Waals surface area contributed by atoms with Gasteiger partial charge in [0.15, 0.2) is 0 Å². The molecule has 0 radical (unpaired) electrons. The Balaban J connectivity index is 1.51. The topological polar surface area (TPSA) is 125 Å². The fourth-order valence-corrected chi connectivity index (χ4v) is 1.90. The van der Waals surface area contributed by atoms with Crippen LogP contribution in [-0.4, -0.2) is 37.6 Å². The maximum absolute atomic E-state index is 11.9. The zero-order chi connectivity index (χ0) is 14.7. The molecule has 0 saturated heterocycles. The predicted molar refractivity (Wildman–Crippen MR) is 72.3 cm³/mol. The number of anilines is 1. The predicted octanol–water partition coefficient (Wildman–Crippen LogP) is 0.0685. The second kappa shape index (κ2) is 6.00. The zero-order valence-corrected chi connectivity index (χ0v) is 11.5. The largest absolute Gasteiger partial charge is 0.408 e. The molecular weight excluding hydrogens is 274 g/mol. The van der Waals surface area contributed by atoms with Crippen molar-refractivity contribution in [2.24, 2.45) is 5.73 Å². The molecule has 0 atom stereocenters. The lowest BCUT2D eigenvalue weighted by Gasteiger charge is -1.99. The first kappa shape index (κ1) is 13.7. The van der Waals surface area contributed by atoms with Crippen LogP contribution in [0.2, 0.25) is 0 Å². The summed E-state index contributed by atoms with van der Waals surface area (Å²) in [5, 5.41) is 18.1. The van der Waals surface area contributed by atoms with Crippen LogP contribution in [0.1, 0.15) is 36.8 Å². The van der Waals surface area contributed by atoms with Crippen LogP contribution in [0.3, 0.4) is 0 Å². The molecule has 9 heteroatoms. The fourth-order valence-electron chi connectivity index (χ4n) is 1.90. The van der Waals surface area contributed by atoms with E-state index in [0.29, 0.717) is 18.4 Å². The van der Waals surface area contributed by atoms with Gasteiger partial charge in [-0.1, -0.05) is 10.3 Å². The lowest BCUT2D eigenvalue weighted by atomic mass is 10.2. The molecule has 3 rings (SSSR count). The number of nitrogens with zero attached hydrogens (tertiary/aromatic N) is 5. The van der Waals surface area contributed by atoms with Crippen LogP contribution in [-0.2, 0) is 17.8 Å².